The van der Waals surface area contributed by atoms with Gasteiger partial charge in [0.05, 0.1) is 7.11 Å². The van der Waals surface area contributed by atoms with E-state index in [4.69, 9.17) is 9.47 Å². The fourth-order valence-corrected chi connectivity index (χ4v) is 3.01. The summed E-state index contributed by atoms with van der Waals surface area (Å²) in [5, 5.41) is 10.5. The highest BCUT2D eigenvalue weighted by Gasteiger charge is 2.16. The largest absolute Gasteiger partial charge is 0.496 e. The van der Waals surface area contributed by atoms with Gasteiger partial charge in [0.15, 0.2) is 0 Å². The van der Waals surface area contributed by atoms with E-state index in [0.29, 0.717) is 12.5 Å². The van der Waals surface area contributed by atoms with E-state index < -0.39 is 6.10 Å². The van der Waals surface area contributed by atoms with Gasteiger partial charge in [0.25, 0.3) is 0 Å². The van der Waals surface area contributed by atoms with Crippen molar-refractivity contribution in [1.82, 2.24) is 4.90 Å². The summed E-state index contributed by atoms with van der Waals surface area (Å²) in [7, 11) is 1.70. The minimum absolute atomic E-state index is 0.287. The van der Waals surface area contributed by atoms with Crippen molar-refractivity contribution in [2.24, 2.45) is 5.92 Å². The van der Waals surface area contributed by atoms with Gasteiger partial charge in [0.2, 0.25) is 0 Å². The molecule has 4 heteroatoms. The van der Waals surface area contributed by atoms with Gasteiger partial charge in [-0.3, -0.25) is 4.90 Å². The molecule has 4 nitrogen and oxygen atoms in total. The Kier molecular flexibility index (Phi) is 8.62. The summed E-state index contributed by atoms with van der Waals surface area (Å²) >= 11 is 0. The van der Waals surface area contributed by atoms with E-state index >= 15 is 0 Å². The Balaban J connectivity index is 1.97. The Labute approximate surface area is 163 Å². The molecular weight excluding hydrogens is 338 g/mol. The normalized spacial score (nSPS) is 12.4. The summed E-state index contributed by atoms with van der Waals surface area (Å²) in [5.74, 6) is 2.33. The van der Waals surface area contributed by atoms with Crippen molar-refractivity contribution in [3.05, 3.63) is 59.7 Å². The maximum absolute atomic E-state index is 10.5. The van der Waals surface area contributed by atoms with Crippen molar-refractivity contribution in [1.29, 1.82) is 0 Å². The maximum Gasteiger partial charge on any atom is 0.123 e. The van der Waals surface area contributed by atoms with Crippen LogP contribution in [0.2, 0.25) is 0 Å². The Morgan fingerprint density at radius 2 is 1.67 bits per heavy atom. The first kappa shape index (κ1) is 21.3. The molecule has 27 heavy (non-hydrogen) atoms. The van der Waals surface area contributed by atoms with Crippen LogP contribution >= 0.6 is 0 Å². The fourth-order valence-electron chi connectivity index (χ4n) is 3.01. The third-order valence-corrected chi connectivity index (χ3v) is 4.60. The second kappa shape index (κ2) is 11.0. The minimum atomic E-state index is -0.550. The molecular formula is C23H33NO3. The fraction of sp³-hybridized carbons (Fsp3) is 0.478. The highest BCUT2D eigenvalue weighted by molar-refractivity contribution is 5.33. The lowest BCUT2D eigenvalue weighted by Gasteiger charge is -2.26. The first-order valence-corrected chi connectivity index (χ1v) is 9.70. The van der Waals surface area contributed by atoms with Crippen molar-refractivity contribution in [3.8, 4) is 11.5 Å². The maximum atomic E-state index is 10.5. The molecule has 0 aliphatic heterocycles. The molecule has 0 saturated heterocycles. The number of aliphatic hydroxyl groups excluding tert-OH is 1. The molecule has 0 spiro atoms. The summed E-state index contributed by atoms with van der Waals surface area (Å²) in [6.07, 6.45) is 0.534. The van der Waals surface area contributed by atoms with Crippen molar-refractivity contribution < 1.29 is 14.6 Å². The van der Waals surface area contributed by atoms with Crippen LogP contribution in [0.25, 0.3) is 0 Å². The van der Waals surface area contributed by atoms with Crippen molar-refractivity contribution in [2.45, 2.75) is 39.8 Å². The van der Waals surface area contributed by atoms with Gasteiger partial charge in [-0.1, -0.05) is 50.2 Å². The summed E-state index contributed by atoms with van der Waals surface area (Å²) in [6, 6.07) is 15.9. The van der Waals surface area contributed by atoms with Gasteiger partial charge in [-0.15, -0.1) is 0 Å². The quantitative estimate of drug-likeness (QED) is 0.640. The molecule has 0 amide bonds. The molecule has 0 bridgehead atoms. The molecule has 1 N–H and O–H groups in total. The van der Waals surface area contributed by atoms with Crippen LogP contribution in [0.3, 0.4) is 0 Å². The van der Waals surface area contributed by atoms with E-state index in [1.54, 1.807) is 7.11 Å². The zero-order valence-corrected chi connectivity index (χ0v) is 17.0. The molecule has 1 atom stereocenters. The lowest BCUT2D eigenvalue weighted by molar-refractivity contribution is 0.0634. The lowest BCUT2D eigenvalue weighted by atomic mass is 10.1. The molecule has 2 aromatic rings. The number of rotatable bonds is 11. The van der Waals surface area contributed by atoms with Gasteiger partial charge in [0.1, 0.15) is 24.2 Å². The van der Waals surface area contributed by atoms with E-state index in [-0.39, 0.29) is 6.61 Å². The van der Waals surface area contributed by atoms with Crippen LogP contribution in [0, 0.1) is 12.8 Å². The number of aryl methyl sites for hydroxylation is 1. The molecule has 0 aromatic heterocycles. The monoisotopic (exact) mass is 371 g/mol. The lowest BCUT2D eigenvalue weighted by Crippen LogP contribution is -2.36. The first-order valence-electron chi connectivity index (χ1n) is 9.70. The number of hydrogen-bond donors (Lipinski definition) is 1. The van der Waals surface area contributed by atoms with Gasteiger partial charge in [0, 0.05) is 18.7 Å². The van der Waals surface area contributed by atoms with Gasteiger partial charge in [-0.25, -0.2) is 0 Å². The van der Waals surface area contributed by atoms with Crippen molar-refractivity contribution in [2.75, 3.05) is 26.8 Å². The molecule has 1 unspecified atom stereocenters. The molecule has 0 aliphatic rings. The molecule has 148 valence electrons. The molecule has 0 saturated carbocycles. The van der Waals surface area contributed by atoms with Crippen LogP contribution in [-0.4, -0.2) is 42.9 Å². The SMILES string of the molecule is COc1ccccc1CN(CCC(C)C)CC(O)COc1ccccc1C. The Morgan fingerprint density at radius 3 is 2.33 bits per heavy atom. The number of ether oxygens (including phenoxy) is 2. The van der Waals surface area contributed by atoms with Crippen molar-refractivity contribution >= 4 is 0 Å². The number of nitrogens with zero attached hydrogens (tertiary/aromatic N) is 1. The molecule has 2 rings (SSSR count). The van der Waals surface area contributed by atoms with E-state index in [1.807, 2.05) is 49.4 Å². The first-order chi connectivity index (χ1) is 13.0. The zero-order chi connectivity index (χ0) is 19.6. The molecule has 0 aliphatic carbocycles. The second-order valence-corrected chi connectivity index (χ2v) is 7.46. The predicted octanol–water partition coefficient (Wildman–Crippen LogP) is 4.29. The topological polar surface area (TPSA) is 41.9 Å². The zero-order valence-electron chi connectivity index (χ0n) is 17.0. The van der Waals surface area contributed by atoms with Gasteiger partial charge < -0.3 is 14.6 Å². The Morgan fingerprint density at radius 1 is 1.00 bits per heavy atom. The number of para-hydroxylation sites is 2. The van der Waals surface area contributed by atoms with E-state index in [0.717, 1.165) is 42.1 Å². The second-order valence-electron chi connectivity index (χ2n) is 7.46. The molecule has 0 radical (unpaired) electrons. The molecule has 2 aromatic carbocycles. The third-order valence-electron chi connectivity index (χ3n) is 4.60. The van der Waals surface area contributed by atoms with Crippen LogP contribution in [0.5, 0.6) is 11.5 Å². The van der Waals surface area contributed by atoms with Gasteiger partial charge in [-0.05, 0) is 43.5 Å². The number of benzene rings is 2. The average Bonchev–Trinajstić information content (AvgIpc) is 2.66. The van der Waals surface area contributed by atoms with Crippen molar-refractivity contribution in [3.63, 3.8) is 0 Å². The predicted molar refractivity (Wildman–Crippen MR) is 110 cm³/mol. The van der Waals surface area contributed by atoms with E-state index in [9.17, 15) is 5.11 Å². The molecule has 0 fully saturated rings. The van der Waals surface area contributed by atoms with Crippen LogP contribution in [0.15, 0.2) is 48.5 Å². The smallest absolute Gasteiger partial charge is 0.123 e. The summed E-state index contributed by atoms with van der Waals surface area (Å²) in [4.78, 5) is 2.28. The van der Waals surface area contributed by atoms with Gasteiger partial charge >= 0.3 is 0 Å². The van der Waals surface area contributed by atoms with Crippen LogP contribution in [0.1, 0.15) is 31.4 Å². The van der Waals surface area contributed by atoms with Crippen LogP contribution in [0.4, 0.5) is 0 Å². The molecule has 0 heterocycles. The summed E-state index contributed by atoms with van der Waals surface area (Å²) in [5.41, 5.74) is 2.21. The Bertz CT molecular complexity index is 687. The standard InChI is InChI=1S/C23H33NO3/c1-18(2)13-14-24(15-20-10-6-8-12-23(20)26-4)16-21(25)17-27-22-11-7-5-9-19(22)3/h5-12,18,21,25H,13-17H2,1-4H3. The Hall–Kier alpha value is -2.04. The highest BCUT2D eigenvalue weighted by atomic mass is 16.5. The highest BCUT2D eigenvalue weighted by Crippen LogP contribution is 2.20. The third kappa shape index (κ3) is 7.24. The van der Waals surface area contributed by atoms with E-state index in [1.165, 1.54) is 0 Å². The van der Waals surface area contributed by atoms with Crippen LogP contribution in [-0.2, 0) is 6.54 Å². The van der Waals surface area contributed by atoms with Crippen LogP contribution < -0.4 is 9.47 Å². The minimum Gasteiger partial charge on any atom is -0.496 e. The summed E-state index contributed by atoms with van der Waals surface area (Å²) < 4.78 is 11.3. The summed E-state index contributed by atoms with van der Waals surface area (Å²) in [6.45, 7) is 8.98. The van der Waals surface area contributed by atoms with E-state index in [2.05, 4.69) is 24.8 Å². The average molecular weight is 372 g/mol. The number of hydrogen-bond acceptors (Lipinski definition) is 4. The number of methoxy groups -OCH3 is 1. The van der Waals surface area contributed by atoms with Gasteiger partial charge in [-0.2, -0.15) is 0 Å². The number of aliphatic hydroxyl groups is 1.